The first kappa shape index (κ1) is 17.7. The summed E-state index contributed by atoms with van der Waals surface area (Å²) in [5.74, 6) is 1.05. The first-order valence-corrected chi connectivity index (χ1v) is 8.75. The number of carbonyl (C=O) groups excluding carboxylic acids is 2. The number of hydrogen-bond donors (Lipinski definition) is 2. The predicted molar refractivity (Wildman–Crippen MR) is 97.9 cm³/mol. The van der Waals surface area contributed by atoms with E-state index in [0.717, 1.165) is 0 Å². The Bertz CT molecular complexity index is 903. The summed E-state index contributed by atoms with van der Waals surface area (Å²) in [6, 6.07) is 10.3. The zero-order valence-electron chi connectivity index (χ0n) is 14.2. The van der Waals surface area contributed by atoms with Crippen molar-refractivity contribution in [2.75, 3.05) is 18.1 Å². The van der Waals surface area contributed by atoms with Gasteiger partial charge in [0.15, 0.2) is 16.7 Å². The molecular weight excluding hydrogens is 354 g/mol. The van der Waals surface area contributed by atoms with Crippen molar-refractivity contribution in [3.05, 3.63) is 48.2 Å². The number of rotatable bonds is 6. The molecule has 0 spiro atoms. The van der Waals surface area contributed by atoms with Gasteiger partial charge in [0, 0.05) is 25.3 Å². The minimum absolute atomic E-state index is 0.173. The fraction of sp³-hybridized carbons (Fsp3) is 0.176. The summed E-state index contributed by atoms with van der Waals surface area (Å²) in [6.45, 7) is 0. The number of aromatic nitrogens is 3. The number of amides is 2. The van der Waals surface area contributed by atoms with Crippen molar-refractivity contribution >= 4 is 29.3 Å². The van der Waals surface area contributed by atoms with E-state index < -0.39 is 0 Å². The lowest BCUT2D eigenvalue weighted by atomic mass is 10.2. The smallest absolute Gasteiger partial charge is 0.251 e. The minimum atomic E-state index is -0.176. The molecule has 0 radical (unpaired) electrons. The van der Waals surface area contributed by atoms with E-state index in [1.54, 1.807) is 54.3 Å². The van der Waals surface area contributed by atoms with E-state index in [0.29, 0.717) is 28.0 Å². The molecule has 0 atom stereocenters. The van der Waals surface area contributed by atoms with E-state index in [4.69, 9.17) is 4.42 Å². The van der Waals surface area contributed by atoms with Gasteiger partial charge < -0.3 is 19.6 Å². The third-order valence-electron chi connectivity index (χ3n) is 3.57. The molecule has 134 valence electrons. The molecule has 2 heterocycles. The van der Waals surface area contributed by atoms with Gasteiger partial charge in [-0.05, 0) is 36.4 Å². The molecule has 0 unspecified atom stereocenters. The van der Waals surface area contributed by atoms with Gasteiger partial charge in [-0.2, -0.15) is 0 Å². The topological polar surface area (TPSA) is 102 Å². The van der Waals surface area contributed by atoms with Crippen LogP contribution in [0.3, 0.4) is 0 Å². The Balaban J connectivity index is 1.57. The van der Waals surface area contributed by atoms with Crippen LogP contribution in [0, 0.1) is 0 Å². The van der Waals surface area contributed by atoms with E-state index in [-0.39, 0.29) is 17.6 Å². The highest BCUT2D eigenvalue weighted by atomic mass is 32.2. The molecule has 1 aromatic carbocycles. The molecule has 26 heavy (non-hydrogen) atoms. The van der Waals surface area contributed by atoms with Gasteiger partial charge in [-0.1, -0.05) is 11.8 Å². The van der Waals surface area contributed by atoms with E-state index in [2.05, 4.69) is 20.8 Å². The largest absolute Gasteiger partial charge is 0.461 e. The van der Waals surface area contributed by atoms with E-state index in [9.17, 15) is 9.59 Å². The molecule has 2 aromatic heterocycles. The average Bonchev–Trinajstić information content (AvgIpc) is 3.29. The zero-order valence-corrected chi connectivity index (χ0v) is 15.0. The molecule has 9 heteroatoms. The lowest BCUT2D eigenvalue weighted by Crippen LogP contribution is -2.18. The van der Waals surface area contributed by atoms with Crippen molar-refractivity contribution in [1.82, 2.24) is 20.1 Å². The van der Waals surface area contributed by atoms with Crippen molar-refractivity contribution in [3.63, 3.8) is 0 Å². The predicted octanol–water partition coefficient (Wildman–Crippen LogP) is 2.17. The Kier molecular flexibility index (Phi) is 5.37. The maximum absolute atomic E-state index is 12.1. The number of anilines is 1. The number of carbonyl (C=O) groups is 2. The normalized spacial score (nSPS) is 10.5. The summed E-state index contributed by atoms with van der Waals surface area (Å²) in [5, 5.41) is 14.1. The number of hydrogen-bond acceptors (Lipinski definition) is 6. The van der Waals surface area contributed by atoms with Gasteiger partial charge >= 0.3 is 0 Å². The fourth-order valence-electron chi connectivity index (χ4n) is 2.24. The molecular formula is C17H17N5O3S. The van der Waals surface area contributed by atoms with Gasteiger partial charge in [-0.15, -0.1) is 10.2 Å². The van der Waals surface area contributed by atoms with Crippen LogP contribution in [0.15, 0.2) is 52.2 Å². The van der Waals surface area contributed by atoms with Crippen LogP contribution < -0.4 is 10.6 Å². The highest BCUT2D eigenvalue weighted by Gasteiger charge is 2.14. The highest BCUT2D eigenvalue weighted by Crippen LogP contribution is 2.23. The molecule has 0 aliphatic carbocycles. The molecule has 0 aliphatic heterocycles. The molecule has 8 nitrogen and oxygen atoms in total. The van der Waals surface area contributed by atoms with Crippen LogP contribution in [0.25, 0.3) is 11.6 Å². The van der Waals surface area contributed by atoms with Crippen LogP contribution in [-0.4, -0.2) is 39.4 Å². The van der Waals surface area contributed by atoms with E-state index >= 15 is 0 Å². The molecule has 0 bridgehead atoms. The maximum atomic E-state index is 12.1. The molecule has 0 saturated carbocycles. The van der Waals surface area contributed by atoms with Crippen LogP contribution in [0.4, 0.5) is 5.69 Å². The molecule has 2 N–H and O–H groups in total. The van der Waals surface area contributed by atoms with E-state index in [1.165, 1.54) is 11.8 Å². The monoisotopic (exact) mass is 371 g/mol. The lowest BCUT2D eigenvalue weighted by molar-refractivity contribution is -0.113. The molecule has 3 rings (SSSR count). The van der Waals surface area contributed by atoms with Gasteiger partial charge in [0.1, 0.15) is 0 Å². The molecule has 0 aliphatic rings. The van der Waals surface area contributed by atoms with Crippen molar-refractivity contribution < 1.29 is 14.0 Å². The molecule has 0 saturated heterocycles. The van der Waals surface area contributed by atoms with Crippen molar-refractivity contribution in [1.29, 1.82) is 0 Å². The lowest BCUT2D eigenvalue weighted by Gasteiger charge is -2.06. The van der Waals surface area contributed by atoms with Gasteiger partial charge in [0.05, 0.1) is 12.0 Å². The van der Waals surface area contributed by atoms with Crippen LogP contribution >= 0.6 is 11.8 Å². The van der Waals surface area contributed by atoms with Crippen molar-refractivity contribution in [3.8, 4) is 11.6 Å². The summed E-state index contributed by atoms with van der Waals surface area (Å²) < 4.78 is 7.09. The number of nitrogens with one attached hydrogen (secondary N) is 2. The quantitative estimate of drug-likeness (QED) is 0.644. The van der Waals surface area contributed by atoms with Gasteiger partial charge in [0.2, 0.25) is 5.91 Å². The SMILES string of the molecule is CNC(=O)c1ccc(NC(=O)CSc2nnc(-c3ccco3)n2C)cc1. The second kappa shape index (κ2) is 7.87. The van der Waals surface area contributed by atoms with Crippen molar-refractivity contribution in [2.45, 2.75) is 5.16 Å². The summed E-state index contributed by atoms with van der Waals surface area (Å²) in [4.78, 5) is 23.6. The summed E-state index contributed by atoms with van der Waals surface area (Å²) in [6.07, 6.45) is 1.57. The van der Waals surface area contributed by atoms with Crippen molar-refractivity contribution in [2.24, 2.45) is 7.05 Å². The average molecular weight is 371 g/mol. The number of benzene rings is 1. The summed E-state index contributed by atoms with van der Waals surface area (Å²) >= 11 is 1.28. The van der Waals surface area contributed by atoms with Crippen LogP contribution in [0.5, 0.6) is 0 Å². The van der Waals surface area contributed by atoms with Gasteiger partial charge in [-0.3, -0.25) is 9.59 Å². The minimum Gasteiger partial charge on any atom is -0.461 e. The van der Waals surface area contributed by atoms with E-state index in [1.807, 2.05) is 7.05 Å². The third kappa shape index (κ3) is 3.94. The first-order chi connectivity index (χ1) is 12.6. The maximum Gasteiger partial charge on any atom is 0.251 e. The number of furan rings is 1. The standard InChI is InChI=1S/C17H17N5O3S/c1-18-16(24)11-5-7-12(8-6-11)19-14(23)10-26-17-21-20-15(22(17)2)13-4-3-9-25-13/h3-9H,10H2,1-2H3,(H,18,24)(H,19,23). The third-order valence-corrected chi connectivity index (χ3v) is 4.59. The van der Waals surface area contributed by atoms with Crippen LogP contribution in [-0.2, 0) is 11.8 Å². The number of nitrogens with zero attached hydrogens (tertiary/aromatic N) is 3. The zero-order chi connectivity index (χ0) is 18.5. The van der Waals surface area contributed by atoms with Crippen LogP contribution in [0.1, 0.15) is 10.4 Å². The van der Waals surface area contributed by atoms with Gasteiger partial charge in [-0.25, -0.2) is 0 Å². The Morgan fingerprint density at radius 1 is 1.19 bits per heavy atom. The summed E-state index contributed by atoms with van der Waals surface area (Å²) in [5.41, 5.74) is 1.15. The van der Waals surface area contributed by atoms with Crippen LogP contribution in [0.2, 0.25) is 0 Å². The first-order valence-electron chi connectivity index (χ1n) is 7.76. The Morgan fingerprint density at radius 3 is 2.62 bits per heavy atom. The summed E-state index contributed by atoms with van der Waals surface area (Å²) in [7, 11) is 3.38. The fourth-order valence-corrected chi connectivity index (χ4v) is 2.95. The Hall–Kier alpha value is -3.07. The molecule has 2 amide bonds. The number of thioether (sulfide) groups is 1. The van der Waals surface area contributed by atoms with Gasteiger partial charge in [0.25, 0.3) is 5.91 Å². The second-order valence-corrected chi connectivity index (χ2v) is 6.28. The Labute approximate surface area is 154 Å². The highest BCUT2D eigenvalue weighted by molar-refractivity contribution is 7.99. The molecule has 3 aromatic rings. The second-order valence-electron chi connectivity index (χ2n) is 5.34. The molecule has 0 fully saturated rings. The Morgan fingerprint density at radius 2 is 1.96 bits per heavy atom.